The fourth-order valence-corrected chi connectivity index (χ4v) is 2.09. The van der Waals surface area contributed by atoms with E-state index in [2.05, 4.69) is 0 Å². The lowest BCUT2D eigenvalue weighted by molar-refractivity contribution is -0.124. The first-order chi connectivity index (χ1) is 7.26. The van der Waals surface area contributed by atoms with Crippen LogP contribution in [0, 0.1) is 10.8 Å². The lowest BCUT2D eigenvalue weighted by atomic mass is 9.72. The van der Waals surface area contributed by atoms with Crippen molar-refractivity contribution < 1.29 is 9.90 Å². The number of aliphatic hydroxyl groups is 1. The van der Waals surface area contributed by atoms with E-state index in [0.29, 0.717) is 0 Å². The van der Waals surface area contributed by atoms with Crippen molar-refractivity contribution in [2.24, 2.45) is 10.8 Å². The maximum absolute atomic E-state index is 12.1. The first kappa shape index (κ1) is 13.3. The molecule has 2 nitrogen and oxygen atoms in total. The third-order valence-corrected chi connectivity index (χ3v) is 3.59. The molecule has 1 aliphatic carbocycles. The fraction of sp³-hybridized carbons (Fsp3) is 0.786. The topological polar surface area (TPSA) is 37.3 Å². The number of ketones is 1. The molecule has 0 aromatic heterocycles. The van der Waals surface area contributed by atoms with Gasteiger partial charge in [-0.1, -0.05) is 47.0 Å². The Morgan fingerprint density at radius 1 is 1.19 bits per heavy atom. The lowest BCUT2D eigenvalue weighted by Crippen LogP contribution is -2.29. The summed E-state index contributed by atoms with van der Waals surface area (Å²) in [5, 5.41) is 9.84. The molecule has 0 unspecified atom stereocenters. The molecule has 16 heavy (non-hydrogen) atoms. The number of hydrogen-bond donors (Lipinski definition) is 1. The summed E-state index contributed by atoms with van der Waals surface area (Å²) in [4.78, 5) is 12.1. The van der Waals surface area contributed by atoms with E-state index in [-0.39, 0.29) is 22.4 Å². The van der Waals surface area contributed by atoms with E-state index in [1.54, 1.807) is 0 Å². The monoisotopic (exact) mass is 224 g/mol. The average molecular weight is 224 g/mol. The van der Waals surface area contributed by atoms with Gasteiger partial charge in [-0.2, -0.15) is 0 Å². The Balaban J connectivity index is 2.78. The van der Waals surface area contributed by atoms with Crippen LogP contribution < -0.4 is 0 Å². The van der Waals surface area contributed by atoms with E-state index >= 15 is 0 Å². The normalized spacial score (nSPS) is 21.9. The number of carbonyl (C=O) groups excluding carboxylic acids is 1. The van der Waals surface area contributed by atoms with Gasteiger partial charge in [0.2, 0.25) is 0 Å². The van der Waals surface area contributed by atoms with Crippen molar-refractivity contribution in [3.05, 3.63) is 11.8 Å². The number of hydrogen-bond acceptors (Lipinski definition) is 2. The predicted octanol–water partition coefficient (Wildman–Crippen LogP) is 4.01. The Bertz CT molecular complexity index is 288. The maximum Gasteiger partial charge on any atom is 0.164 e. The minimum absolute atomic E-state index is 0.0969. The highest BCUT2D eigenvalue weighted by atomic mass is 16.3. The highest BCUT2D eigenvalue weighted by Crippen LogP contribution is 2.37. The Kier molecular flexibility index (Phi) is 3.82. The number of rotatable bonds is 2. The molecular formula is C14H24O2. The van der Waals surface area contributed by atoms with Gasteiger partial charge in [-0.15, -0.1) is 0 Å². The summed E-state index contributed by atoms with van der Waals surface area (Å²) in [7, 11) is 0. The molecule has 0 spiro atoms. The van der Waals surface area contributed by atoms with Crippen molar-refractivity contribution >= 4 is 5.78 Å². The van der Waals surface area contributed by atoms with Gasteiger partial charge in [0.05, 0.1) is 0 Å². The van der Waals surface area contributed by atoms with Crippen LogP contribution in [-0.2, 0) is 4.79 Å². The molecule has 0 amide bonds. The minimum atomic E-state index is -0.333. The summed E-state index contributed by atoms with van der Waals surface area (Å²) < 4.78 is 0. The molecule has 0 aliphatic heterocycles. The van der Waals surface area contributed by atoms with Crippen molar-refractivity contribution in [1.82, 2.24) is 0 Å². The molecule has 1 fully saturated rings. The number of carbonyl (C=O) groups is 1. The van der Waals surface area contributed by atoms with Crippen LogP contribution in [-0.4, -0.2) is 10.9 Å². The van der Waals surface area contributed by atoms with E-state index in [0.717, 1.165) is 25.7 Å². The number of aliphatic hydroxyl groups excluding tert-OH is 1. The second kappa shape index (κ2) is 4.60. The predicted molar refractivity (Wildman–Crippen MR) is 66.4 cm³/mol. The first-order valence-electron chi connectivity index (χ1n) is 6.21. The Morgan fingerprint density at radius 2 is 1.69 bits per heavy atom. The second-order valence-electron chi connectivity index (χ2n) is 6.27. The zero-order chi connectivity index (χ0) is 12.4. The summed E-state index contributed by atoms with van der Waals surface area (Å²) in [5.41, 5.74) is -0.571. The van der Waals surface area contributed by atoms with Gasteiger partial charge in [0.1, 0.15) is 5.76 Å². The summed E-state index contributed by atoms with van der Waals surface area (Å²) in [6.45, 7) is 7.76. The Morgan fingerprint density at radius 3 is 2.12 bits per heavy atom. The molecule has 1 saturated carbocycles. The molecular weight excluding hydrogens is 200 g/mol. The van der Waals surface area contributed by atoms with Crippen LogP contribution in [0.25, 0.3) is 0 Å². The summed E-state index contributed by atoms with van der Waals surface area (Å²) in [5.74, 6) is 0.295. The van der Waals surface area contributed by atoms with Crippen LogP contribution in [0.2, 0.25) is 0 Å². The van der Waals surface area contributed by atoms with Crippen LogP contribution >= 0.6 is 0 Å². The number of allylic oxidation sites excluding steroid dienone is 2. The quantitative estimate of drug-likeness (QED) is 0.568. The molecule has 1 N–H and O–H groups in total. The first-order valence-corrected chi connectivity index (χ1v) is 6.21. The molecule has 0 aromatic carbocycles. The fourth-order valence-electron chi connectivity index (χ4n) is 2.09. The van der Waals surface area contributed by atoms with Crippen LogP contribution in [0.3, 0.4) is 0 Å². The van der Waals surface area contributed by atoms with Crippen LogP contribution in [0.1, 0.15) is 59.8 Å². The highest BCUT2D eigenvalue weighted by molar-refractivity contribution is 5.95. The third kappa shape index (κ3) is 3.10. The van der Waals surface area contributed by atoms with Gasteiger partial charge < -0.3 is 5.11 Å². The third-order valence-electron chi connectivity index (χ3n) is 3.59. The van der Waals surface area contributed by atoms with Gasteiger partial charge in [0.25, 0.3) is 0 Å². The highest BCUT2D eigenvalue weighted by Gasteiger charge is 2.34. The van der Waals surface area contributed by atoms with Gasteiger partial charge in [0, 0.05) is 16.9 Å². The molecule has 0 heterocycles. The molecule has 0 bridgehead atoms. The summed E-state index contributed by atoms with van der Waals surface area (Å²) in [6, 6.07) is 0. The average Bonchev–Trinajstić information content (AvgIpc) is 2.17. The standard InChI is InChI=1S/C14H24O2/c1-13(2,3)11(15)10-12(16)14(4)8-6-5-7-9-14/h10,15H,5-9H2,1-4H3. The van der Waals surface area contributed by atoms with Crippen molar-refractivity contribution in [2.75, 3.05) is 0 Å². The van der Waals surface area contributed by atoms with E-state index in [1.807, 2.05) is 27.7 Å². The summed E-state index contributed by atoms with van der Waals surface area (Å²) >= 11 is 0. The van der Waals surface area contributed by atoms with Crippen LogP contribution in [0.5, 0.6) is 0 Å². The van der Waals surface area contributed by atoms with E-state index in [9.17, 15) is 9.90 Å². The molecule has 0 atom stereocenters. The molecule has 1 aliphatic rings. The minimum Gasteiger partial charge on any atom is -0.512 e. The lowest BCUT2D eigenvalue weighted by Gasteiger charge is -2.31. The van der Waals surface area contributed by atoms with Gasteiger partial charge in [-0.3, -0.25) is 4.79 Å². The van der Waals surface area contributed by atoms with Gasteiger partial charge in [-0.25, -0.2) is 0 Å². The molecule has 2 heteroatoms. The van der Waals surface area contributed by atoms with E-state index in [4.69, 9.17) is 0 Å². The van der Waals surface area contributed by atoms with Crippen molar-refractivity contribution in [3.8, 4) is 0 Å². The Labute approximate surface area is 98.7 Å². The SMILES string of the molecule is CC(C)(C)C(O)=CC(=O)C1(C)CCCCC1. The van der Waals surface area contributed by atoms with Crippen LogP contribution in [0.15, 0.2) is 11.8 Å². The van der Waals surface area contributed by atoms with Gasteiger partial charge >= 0.3 is 0 Å². The van der Waals surface area contributed by atoms with Crippen molar-refractivity contribution in [1.29, 1.82) is 0 Å². The summed E-state index contributed by atoms with van der Waals surface area (Å²) in [6.07, 6.45) is 6.86. The molecule has 0 saturated heterocycles. The van der Waals surface area contributed by atoms with Gasteiger partial charge in [-0.05, 0) is 12.8 Å². The second-order valence-corrected chi connectivity index (χ2v) is 6.27. The molecule has 0 radical (unpaired) electrons. The molecule has 0 aromatic rings. The zero-order valence-electron chi connectivity index (χ0n) is 11.0. The van der Waals surface area contributed by atoms with E-state index in [1.165, 1.54) is 12.5 Å². The molecule has 92 valence electrons. The van der Waals surface area contributed by atoms with Crippen molar-refractivity contribution in [2.45, 2.75) is 59.8 Å². The maximum atomic E-state index is 12.1. The van der Waals surface area contributed by atoms with Crippen LogP contribution in [0.4, 0.5) is 0 Å². The zero-order valence-corrected chi connectivity index (χ0v) is 11.0. The smallest absolute Gasteiger partial charge is 0.164 e. The molecule has 1 rings (SSSR count). The Hall–Kier alpha value is -0.790. The van der Waals surface area contributed by atoms with Crippen molar-refractivity contribution in [3.63, 3.8) is 0 Å². The van der Waals surface area contributed by atoms with E-state index < -0.39 is 0 Å². The largest absolute Gasteiger partial charge is 0.512 e. The van der Waals surface area contributed by atoms with Gasteiger partial charge in [0.15, 0.2) is 5.78 Å².